The van der Waals surface area contributed by atoms with E-state index in [-0.39, 0.29) is 19.0 Å². The van der Waals surface area contributed by atoms with E-state index in [1.54, 1.807) is 24.3 Å². The van der Waals surface area contributed by atoms with Gasteiger partial charge in [0.15, 0.2) is 0 Å². The maximum absolute atomic E-state index is 13.5. The van der Waals surface area contributed by atoms with E-state index in [9.17, 15) is 9.50 Å². The standard InChI is InChI=1S/C33H33ClFN5O2/c34-30-17-27(6-9-32(30)42-21-23-4-3-5-26(35)16-23)38-33-29-18-28(7-8-31(29)36-22-37-33)40-19-24(25(20-40)11-15-41)10-14-39-12-1-2-13-39/h3-9,16-20,22,41H,1-2,10-15,21H2,(H,36,37,38). The van der Waals surface area contributed by atoms with Crippen LogP contribution in [-0.4, -0.2) is 50.8 Å². The summed E-state index contributed by atoms with van der Waals surface area (Å²) in [6.07, 6.45) is 10.00. The summed E-state index contributed by atoms with van der Waals surface area (Å²) < 4.78 is 21.4. The number of ether oxygens (including phenoxy) is 1. The molecule has 3 heterocycles. The van der Waals surface area contributed by atoms with E-state index in [0.29, 0.717) is 23.0 Å². The molecule has 0 amide bonds. The highest BCUT2D eigenvalue weighted by atomic mass is 35.5. The lowest BCUT2D eigenvalue weighted by Crippen LogP contribution is -2.22. The van der Waals surface area contributed by atoms with Crippen molar-refractivity contribution in [2.45, 2.75) is 32.3 Å². The molecule has 0 aliphatic carbocycles. The number of aliphatic hydroxyl groups excluding tert-OH is 1. The highest BCUT2D eigenvalue weighted by Crippen LogP contribution is 2.32. The molecule has 0 atom stereocenters. The van der Waals surface area contributed by atoms with Gasteiger partial charge in [-0.3, -0.25) is 0 Å². The van der Waals surface area contributed by atoms with Gasteiger partial charge in [-0.25, -0.2) is 14.4 Å². The number of likely N-dealkylation sites (tertiary alicyclic amines) is 1. The molecule has 1 saturated heterocycles. The second-order valence-corrected chi connectivity index (χ2v) is 11.0. The number of anilines is 2. The van der Waals surface area contributed by atoms with Crippen LogP contribution >= 0.6 is 11.6 Å². The Balaban J connectivity index is 1.21. The lowest BCUT2D eigenvalue weighted by molar-refractivity contribution is 0.299. The van der Waals surface area contributed by atoms with Crippen LogP contribution in [0.5, 0.6) is 5.75 Å². The van der Waals surface area contributed by atoms with Crippen molar-refractivity contribution in [3.8, 4) is 11.4 Å². The predicted octanol–water partition coefficient (Wildman–Crippen LogP) is 6.71. The van der Waals surface area contributed by atoms with Crippen molar-refractivity contribution in [1.82, 2.24) is 19.4 Å². The van der Waals surface area contributed by atoms with Gasteiger partial charge < -0.3 is 24.6 Å². The Kier molecular flexibility index (Phi) is 8.65. The van der Waals surface area contributed by atoms with Crippen molar-refractivity contribution in [2.75, 3.05) is 31.6 Å². The van der Waals surface area contributed by atoms with Crippen molar-refractivity contribution >= 4 is 34.0 Å². The molecule has 7 nitrogen and oxygen atoms in total. The molecule has 0 bridgehead atoms. The number of hydrogen-bond acceptors (Lipinski definition) is 6. The van der Waals surface area contributed by atoms with Gasteiger partial charge in [0.25, 0.3) is 0 Å². The smallest absolute Gasteiger partial charge is 0.141 e. The Morgan fingerprint density at radius 3 is 2.57 bits per heavy atom. The minimum Gasteiger partial charge on any atom is -0.487 e. The van der Waals surface area contributed by atoms with Crippen LogP contribution in [-0.2, 0) is 19.4 Å². The Bertz CT molecular complexity index is 1680. The average Bonchev–Trinajstić information content (AvgIpc) is 3.66. The Labute approximate surface area is 249 Å². The zero-order valence-electron chi connectivity index (χ0n) is 23.3. The van der Waals surface area contributed by atoms with Crippen LogP contribution in [0.4, 0.5) is 15.9 Å². The molecule has 2 aromatic heterocycles. The van der Waals surface area contributed by atoms with Crippen molar-refractivity contribution < 1.29 is 14.2 Å². The van der Waals surface area contributed by atoms with Gasteiger partial charge in [-0.15, -0.1) is 0 Å². The molecule has 0 radical (unpaired) electrons. The Morgan fingerprint density at radius 1 is 0.952 bits per heavy atom. The first-order chi connectivity index (χ1) is 20.6. The number of aliphatic hydroxyl groups is 1. The van der Waals surface area contributed by atoms with E-state index in [0.717, 1.165) is 40.8 Å². The van der Waals surface area contributed by atoms with Gasteiger partial charge >= 0.3 is 0 Å². The zero-order valence-corrected chi connectivity index (χ0v) is 24.0. The minimum atomic E-state index is -0.303. The monoisotopic (exact) mass is 585 g/mol. The molecule has 1 aliphatic rings. The first-order valence-electron chi connectivity index (χ1n) is 14.3. The molecule has 1 fully saturated rings. The van der Waals surface area contributed by atoms with Gasteiger partial charge in [-0.05, 0) is 104 Å². The summed E-state index contributed by atoms with van der Waals surface area (Å²) in [4.78, 5) is 11.5. The van der Waals surface area contributed by atoms with Gasteiger partial charge in [0.05, 0.1) is 10.5 Å². The molecular weight excluding hydrogens is 553 g/mol. The summed E-state index contributed by atoms with van der Waals surface area (Å²) in [5.41, 5.74) is 5.72. The third kappa shape index (κ3) is 6.57. The van der Waals surface area contributed by atoms with Gasteiger partial charge in [0.2, 0.25) is 0 Å². The van der Waals surface area contributed by atoms with Crippen molar-refractivity contribution in [2.24, 2.45) is 0 Å². The van der Waals surface area contributed by atoms with Gasteiger partial charge in [0, 0.05) is 42.3 Å². The van der Waals surface area contributed by atoms with E-state index in [2.05, 4.69) is 43.2 Å². The van der Waals surface area contributed by atoms with Crippen molar-refractivity contribution in [3.05, 3.63) is 107 Å². The Hall–Kier alpha value is -3.98. The van der Waals surface area contributed by atoms with E-state index >= 15 is 0 Å². The normalized spacial score (nSPS) is 13.6. The third-order valence-corrected chi connectivity index (χ3v) is 7.97. The third-order valence-electron chi connectivity index (χ3n) is 7.67. The summed E-state index contributed by atoms with van der Waals surface area (Å²) >= 11 is 6.53. The molecule has 42 heavy (non-hydrogen) atoms. The van der Waals surface area contributed by atoms with Crippen molar-refractivity contribution in [3.63, 3.8) is 0 Å². The van der Waals surface area contributed by atoms with E-state index < -0.39 is 0 Å². The average molecular weight is 586 g/mol. The number of hydrogen-bond donors (Lipinski definition) is 2. The molecule has 3 aromatic carbocycles. The number of fused-ring (bicyclic) bond motifs is 1. The number of halogens is 2. The molecule has 0 spiro atoms. The zero-order chi connectivity index (χ0) is 28.9. The summed E-state index contributed by atoms with van der Waals surface area (Å²) in [5, 5.41) is 14.3. The van der Waals surface area contributed by atoms with Crippen LogP contribution in [0.15, 0.2) is 79.4 Å². The minimum absolute atomic E-state index is 0.123. The van der Waals surface area contributed by atoms with E-state index in [1.807, 2.05) is 18.2 Å². The SMILES string of the molecule is OCCc1cn(-c2ccc3ncnc(Nc4ccc(OCc5cccc(F)c5)c(Cl)c4)c3c2)cc1CCN1CCCC1. The highest BCUT2D eigenvalue weighted by Gasteiger charge is 2.15. The topological polar surface area (TPSA) is 75.4 Å². The van der Waals surface area contributed by atoms with Crippen LogP contribution in [0.1, 0.15) is 29.5 Å². The second kappa shape index (κ2) is 12.9. The first-order valence-corrected chi connectivity index (χ1v) is 14.7. The molecule has 216 valence electrons. The molecule has 5 aromatic rings. The fraction of sp³-hybridized carbons (Fsp3) is 0.273. The molecule has 0 unspecified atom stereocenters. The fourth-order valence-electron chi connectivity index (χ4n) is 5.47. The van der Waals surface area contributed by atoms with Gasteiger partial charge in [0.1, 0.15) is 30.3 Å². The molecular formula is C33H33ClFN5O2. The molecule has 1 aliphatic heterocycles. The Morgan fingerprint density at radius 2 is 1.79 bits per heavy atom. The lowest BCUT2D eigenvalue weighted by atomic mass is 10.1. The quantitative estimate of drug-likeness (QED) is 0.179. The summed E-state index contributed by atoms with van der Waals surface area (Å²) in [6.45, 7) is 3.72. The maximum Gasteiger partial charge on any atom is 0.141 e. The summed E-state index contributed by atoms with van der Waals surface area (Å²) in [6, 6.07) is 17.8. The number of rotatable bonds is 11. The van der Waals surface area contributed by atoms with Crippen LogP contribution in [0, 0.1) is 5.82 Å². The predicted molar refractivity (Wildman–Crippen MR) is 164 cm³/mol. The van der Waals surface area contributed by atoms with Gasteiger partial charge in [-0.1, -0.05) is 23.7 Å². The second-order valence-electron chi connectivity index (χ2n) is 10.6. The number of nitrogens with zero attached hydrogens (tertiary/aromatic N) is 4. The highest BCUT2D eigenvalue weighted by molar-refractivity contribution is 6.32. The summed E-state index contributed by atoms with van der Waals surface area (Å²) in [7, 11) is 0. The fourth-order valence-corrected chi connectivity index (χ4v) is 5.70. The lowest BCUT2D eigenvalue weighted by Gasteiger charge is -2.14. The van der Waals surface area contributed by atoms with E-state index in [1.165, 1.54) is 55.5 Å². The number of aromatic nitrogens is 3. The molecule has 6 rings (SSSR count). The first kappa shape index (κ1) is 28.2. The van der Waals surface area contributed by atoms with Crippen LogP contribution in [0.2, 0.25) is 5.02 Å². The van der Waals surface area contributed by atoms with Crippen LogP contribution in [0.3, 0.4) is 0 Å². The van der Waals surface area contributed by atoms with Gasteiger partial charge in [-0.2, -0.15) is 0 Å². The van der Waals surface area contributed by atoms with E-state index in [4.69, 9.17) is 16.3 Å². The molecule has 0 saturated carbocycles. The van der Waals surface area contributed by atoms with Crippen LogP contribution in [0.25, 0.3) is 16.6 Å². The summed E-state index contributed by atoms with van der Waals surface area (Å²) in [5.74, 6) is 0.860. The number of benzene rings is 3. The molecule has 9 heteroatoms. The maximum atomic E-state index is 13.5. The van der Waals surface area contributed by atoms with Crippen molar-refractivity contribution in [1.29, 1.82) is 0 Å². The largest absolute Gasteiger partial charge is 0.487 e. The number of nitrogens with one attached hydrogen (secondary N) is 1. The van der Waals surface area contributed by atoms with Crippen LogP contribution < -0.4 is 10.1 Å². The molecule has 2 N–H and O–H groups in total.